The molecule has 4 heterocycles. The molecule has 0 amide bonds. The van der Waals surface area contributed by atoms with Crippen molar-refractivity contribution in [1.82, 2.24) is 4.98 Å². The van der Waals surface area contributed by atoms with Crippen LogP contribution in [-0.2, 0) is 10.8 Å². The standard InChI is InChI=1S/C48H40BN2OS/c1-26-22-33(29-14-11-15-32-41-31-13-7-9-16-39(31)52-46(41)50-43(29)32)42-38(23-26)51(37-25-35-34(24-27(37)2)47(3,4)20-21-48(35,5)6)44-36(49-42)19-18-30-28-12-8-10-17-40(28)53-45(30)44/h7-19,22-25,50H,20-21H2,1-6H3. The predicted octanol–water partition coefficient (Wildman–Crippen LogP) is 12.5. The van der Waals surface area contributed by atoms with E-state index in [4.69, 9.17) is 4.42 Å². The summed E-state index contributed by atoms with van der Waals surface area (Å²) in [4.78, 5) is 6.35. The Balaban J connectivity index is 1.22. The Bertz CT molecular complexity index is 3030. The van der Waals surface area contributed by atoms with E-state index >= 15 is 0 Å². The Morgan fingerprint density at radius 1 is 0.698 bits per heavy atom. The van der Waals surface area contributed by atoms with Crippen molar-refractivity contribution in [3.05, 3.63) is 125 Å². The number of fused-ring (bicyclic) bond motifs is 12. The van der Waals surface area contributed by atoms with Crippen LogP contribution in [0.4, 0.5) is 17.1 Å². The molecule has 1 radical (unpaired) electrons. The highest BCUT2D eigenvalue weighted by atomic mass is 32.1. The first-order chi connectivity index (χ1) is 25.6. The van der Waals surface area contributed by atoms with E-state index in [-0.39, 0.29) is 10.8 Å². The summed E-state index contributed by atoms with van der Waals surface area (Å²) in [5.41, 5.74) is 17.3. The third kappa shape index (κ3) is 4.35. The number of hydrogen-bond donors (Lipinski definition) is 1. The van der Waals surface area contributed by atoms with Gasteiger partial charge in [-0.25, -0.2) is 0 Å². The summed E-state index contributed by atoms with van der Waals surface area (Å²) in [5.74, 6) is 0. The fraction of sp³-hybridized carbons (Fsp3) is 0.208. The molecule has 1 aliphatic carbocycles. The molecule has 257 valence electrons. The average molecular weight is 704 g/mol. The highest BCUT2D eigenvalue weighted by Gasteiger charge is 2.39. The van der Waals surface area contributed by atoms with E-state index in [1.807, 2.05) is 17.4 Å². The largest absolute Gasteiger partial charge is 0.440 e. The summed E-state index contributed by atoms with van der Waals surface area (Å²) >= 11 is 1.92. The monoisotopic (exact) mass is 703 g/mol. The minimum atomic E-state index is 0.0899. The molecular formula is C48H40BN2OS. The summed E-state index contributed by atoms with van der Waals surface area (Å²) in [6.45, 7) is 14.3. The van der Waals surface area contributed by atoms with Gasteiger partial charge in [0.1, 0.15) is 5.58 Å². The van der Waals surface area contributed by atoms with Gasteiger partial charge in [-0.2, -0.15) is 0 Å². The van der Waals surface area contributed by atoms with Crippen LogP contribution in [0.5, 0.6) is 0 Å². The number of hydrogen-bond acceptors (Lipinski definition) is 3. The van der Waals surface area contributed by atoms with Crippen molar-refractivity contribution < 1.29 is 4.42 Å². The molecule has 0 saturated heterocycles. The lowest BCUT2D eigenvalue weighted by atomic mass is 9.57. The van der Waals surface area contributed by atoms with Crippen LogP contribution in [-0.4, -0.2) is 12.3 Å². The van der Waals surface area contributed by atoms with Crippen LogP contribution >= 0.6 is 11.3 Å². The molecule has 0 unspecified atom stereocenters. The van der Waals surface area contributed by atoms with E-state index in [0.717, 1.165) is 27.6 Å². The minimum absolute atomic E-state index is 0.0899. The third-order valence-corrected chi connectivity index (χ3v) is 13.7. The predicted molar refractivity (Wildman–Crippen MR) is 228 cm³/mol. The number of para-hydroxylation sites is 2. The highest BCUT2D eigenvalue weighted by molar-refractivity contribution is 7.26. The zero-order valence-corrected chi connectivity index (χ0v) is 31.9. The Labute approximate surface area is 314 Å². The number of H-pyrrole nitrogens is 1. The van der Waals surface area contributed by atoms with Gasteiger partial charge in [-0.15, -0.1) is 11.3 Å². The van der Waals surface area contributed by atoms with Crippen LogP contribution in [0.15, 0.2) is 108 Å². The second-order valence-electron chi connectivity index (χ2n) is 16.8. The van der Waals surface area contributed by atoms with Gasteiger partial charge < -0.3 is 14.3 Å². The Hall–Kier alpha value is -5.26. The number of furan rings is 1. The quantitative estimate of drug-likeness (QED) is 0.182. The van der Waals surface area contributed by atoms with Crippen molar-refractivity contribution in [3.63, 3.8) is 0 Å². The Morgan fingerprint density at radius 2 is 1.43 bits per heavy atom. The van der Waals surface area contributed by atoms with E-state index in [2.05, 4.69) is 156 Å². The fourth-order valence-electron chi connectivity index (χ4n) is 9.59. The van der Waals surface area contributed by atoms with Gasteiger partial charge in [-0.05, 0) is 95.1 Å². The van der Waals surface area contributed by atoms with Crippen LogP contribution in [0.1, 0.15) is 62.8 Å². The van der Waals surface area contributed by atoms with Crippen LogP contribution in [0, 0.1) is 13.8 Å². The first-order valence-electron chi connectivity index (χ1n) is 18.9. The molecule has 53 heavy (non-hydrogen) atoms. The van der Waals surface area contributed by atoms with Gasteiger partial charge in [-0.1, -0.05) is 112 Å². The van der Waals surface area contributed by atoms with Crippen molar-refractivity contribution in [3.8, 4) is 11.1 Å². The van der Waals surface area contributed by atoms with Gasteiger partial charge in [0.05, 0.1) is 21.3 Å². The van der Waals surface area contributed by atoms with E-state index in [1.54, 1.807) is 0 Å². The number of rotatable bonds is 2. The van der Waals surface area contributed by atoms with Gasteiger partial charge >= 0.3 is 0 Å². The molecule has 3 nitrogen and oxygen atoms in total. The summed E-state index contributed by atoms with van der Waals surface area (Å²) in [6.07, 6.45) is 2.38. The molecule has 2 aliphatic rings. The zero-order chi connectivity index (χ0) is 36.0. The molecule has 0 spiro atoms. The molecule has 0 atom stereocenters. The zero-order valence-electron chi connectivity index (χ0n) is 31.1. The van der Waals surface area contributed by atoms with Crippen LogP contribution < -0.4 is 15.8 Å². The third-order valence-electron chi connectivity index (χ3n) is 12.5. The van der Waals surface area contributed by atoms with Crippen molar-refractivity contribution in [2.24, 2.45) is 0 Å². The number of nitrogens with one attached hydrogen (secondary N) is 1. The van der Waals surface area contributed by atoms with Crippen LogP contribution in [0.2, 0.25) is 0 Å². The molecule has 9 aromatic rings. The molecular weight excluding hydrogens is 663 g/mol. The lowest BCUT2D eigenvalue weighted by Crippen LogP contribution is -2.41. The molecule has 0 bridgehead atoms. The van der Waals surface area contributed by atoms with Crippen molar-refractivity contribution in [1.29, 1.82) is 0 Å². The normalized spacial score (nSPS) is 16.0. The molecule has 0 fully saturated rings. The SMILES string of the molecule is Cc1cc(-c2cccc3c2[nH]c2oc4ccccc4c23)c2c(c1)N(c1cc3c(cc1C)C(C)(C)CCC3(C)C)c1c(ccc3c1sc1ccccc13)[B]2. The number of benzene rings is 6. The van der Waals surface area contributed by atoms with Crippen molar-refractivity contribution in [2.45, 2.75) is 65.2 Å². The fourth-order valence-corrected chi connectivity index (χ4v) is 10.8. The number of aromatic amines is 1. The molecule has 3 aromatic heterocycles. The molecule has 0 saturated carbocycles. The van der Waals surface area contributed by atoms with Gasteiger partial charge in [0.25, 0.3) is 0 Å². The highest BCUT2D eigenvalue weighted by Crippen LogP contribution is 2.51. The molecule has 1 aliphatic heterocycles. The number of anilines is 3. The topological polar surface area (TPSA) is 32.2 Å². The lowest BCUT2D eigenvalue weighted by molar-refractivity contribution is 0.332. The van der Waals surface area contributed by atoms with E-state index < -0.39 is 0 Å². The van der Waals surface area contributed by atoms with Crippen LogP contribution in [0.25, 0.3) is 64.3 Å². The first kappa shape index (κ1) is 31.3. The second kappa shape index (κ2) is 10.7. The number of aromatic nitrogens is 1. The summed E-state index contributed by atoms with van der Waals surface area (Å²) in [7, 11) is 2.45. The maximum absolute atomic E-state index is 6.37. The lowest BCUT2D eigenvalue weighted by Gasteiger charge is -2.44. The Morgan fingerprint density at radius 3 is 2.26 bits per heavy atom. The number of aryl methyl sites for hydroxylation is 2. The molecule has 6 aromatic carbocycles. The summed E-state index contributed by atoms with van der Waals surface area (Å²) in [6, 6.07) is 38.5. The van der Waals surface area contributed by atoms with E-state index in [1.165, 1.54) is 99.8 Å². The molecule has 11 rings (SSSR count). The maximum atomic E-state index is 6.37. The van der Waals surface area contributed by atoms with Gasteiger partial charge in [0, 0.05) is 43.2 Å². The minimum Gasteiger partial charge on any atom is -0.440 e. The smallest absolute Gasteiger partial charge is 0.206 e. The van der Waals surface area contributed by atoms with Crippen molar-refractivity contribution in [2.75, 3.05) is 4.90 Å². The van der Waals surface area contributed by atoms with Gasteiger partial charge in [-0.3, -0.25) is 0 Å². The molecule has 5 heteroatoms. The van der Waals surface area contributed by atoms with E-state index in [0.29, 0.717) is 0 Å². The maximum Gasteiger partial charge on any atom is 0.206 e. The summed E-state index contributed by atoms with van der Waals surface area (Å²) in [5, 5.41) is 6.13. The second-order valence-corrected chi connectivity index (χ2v) is 17.9. The van der Waals surface area contributed by atoms with Gasteiger partial charge in [0.15, 0.2) is 7.28 Å². The first-order valence-corrected chi connectivity index (χ1v) is 19.7. The van der Waals surface area contributed by atoms with Crippen LogP contribution in [0.3, 0.4) is 0 Å². The van der Waals surface area contributed by atoms with Gasteiger partial charge in [0.2, 0.25) is 5.71 Å². The van der Waals surface area contributed by atoms with Crippen molar-refractivity contribution >= 4 is 99.7 Å². The number of nitrogens with zero attached hydrogens (tertiary/aromatic N) is 1. The average Bonchev–Trinajstić information content (AvgIpc) is 3.82. The summed E-state index contributed by atoms with van der Waals surface area (Å²) < 4.78 is 9.03. The number of thiophene rings is 1. The molecule has 1 N–H and O–H groups in total. The van der Waals surface area contributed by atoms with E-state index in [9.17, 15) is 0 Å². The Kier molecular flexibility index (Phi) is 6.30.